The van der Waals surface area contributed by atoms with E-state index in [1.165, 1.54) is 4.90 Å². The fraction of sp³-hybridized carbons (Fsp3) is 0.318. The third-order valence-electron chi connectivity index (χ3n) is 5.50. The number of halogens is 1. The molecule has 2 aromatic rings. The second-order valence-electron chi connectivity index (χ2n) is 7.46. The zero-order valence-corrected chi connectivity index (χ0v) is 16.9. The lowest BCUT2D eigenvalue weighted by atomic mass is 10.0. The van der Waals surface area contributed by atoms with Gasteiger partial charge in [-0.1, -0.05) is 29.8 Å². The molecular formula is C22H22ClN3O3. The Bertz CT molecular complexity index is 991. The molecule has 2 heterocycles. The largest absolute Gasteiger partial charge is 0.327 e. The highest BCUT2D eigenvalue weighted by Gasteiger charge is 2.40. The summed E-state index contributed by atoms with van der Waals surface area (Å²) >= 11 is 6.13. The lowest BCUT2D eigenvalue weighted by molar-refractivity contribution is -0.125. The second-order valence-corrected chi connectivity index (χ2v) is 7.87. The number of para-hydroxylation sites is 1. The van der Waals surface area contributed by atoms with Crippen molar-refractivity contribution in [3.8, 4) is 0 Å². The summed E-state index contributed by atoms with van der Waals surface area (Å²) in [6.45, 7) is 2.28. The van der Waals surface area contributed by atoms with Gasteiger partial charge in [0.2, 0.25) is 11.8 Å². The molecule has 0 radical (unpaired) electrons. The number of carbonyl (C=O) groups is 3. The van der Waals surface area contributed by atoms with Gasteiger partial charge in [0.05, 0.1) is 11.3 Å². The summed E-state index contributed by atoms with van der Waals surface area (Å²) in [6.07, 6.45) is 2.38. The van der Waals surface area contributed by atoms with Crippen LogP contribution < -0.4 is 10.2 Å². The van der Waals surface area contributed by atoms with Crippen LogP contribution in [0.1, 0.15) is 35.2 Å². The molecule has 1 saturated heterocycles. The number of fused-ring (bicyclic) bond motifs is 2. The maximum absolute atomic E-state index is 13.3. The molecule has 2 aromatic carbocycles. The van der Waals surface area contributed by atoms with Crippen molar-refractivity contribution in [1.29, 1.82) is 0 Å². The van der Waals surface area contributed by atoms with E-state index in [9.17, 15) is 14.4 Å². The van der Waals surface area contributed by atoms with Gasteiger partial charge in [0.1, 0.15) is 12.6 Å². The van der Waals surface area contributed by atoms with Crippen molar-refractivity contribution in [2.75, 3.05) is 23.3 Å². The van der Waals surface area contributed by atoms with Crippen LogP contribution in [-0.4, -0.2) is 41.8 Å². The Hall–Kier alpha value is -2.86. The predicted octanol–water partition coefficient (Wildman–Crippen LogP) is 3.63. The van der Waals surface area contributed by atoms with Gasteiger partial charge in [0, 0.05) is 17.3 Å². The number of benzene rings is 2. The van der Waals surface area contributed by atoms with Crippen LogP contribution in [0.15, 0.2) is 42.5 Å². The molecule has 3 amide bonds. The summed E-state index contributed by atoms with van der Waals surface area (Å²) in [5.74, 6) is -0.697. The third-order valence-corrected chi connectivity index (χ3v) is 5.90. The van der Waals surface area contributed by atoms with Crippen molar-refractivity contribution < 1.29 is 14.4 Å². The Labute approximate surface area is 174 Å². The van der Waals surface area contributed by atoms with Crippen LogP contribution in [0.3, 0.4) is 0 Å². The first kappa shape index (κ1) is 19.5. The van der Waals surface area contributed by atoms with Gasteiger partial charge in [-0.2, -0.15) is 0 Å². The highest BCUT2D eigenvalue weighted by atomic mass is 35.5. The average Bonchev–Trinajstić information content (AvgIpc) is 2.81. The number of rotatable bonds is 3. The number of aryl methyl sites for hydroxylation is 1. The van der Waals surface area contributed by atoms with Crippen LogP contribution in [0, 0.1) is 6.92 Å². The molecule has 4 rings (SSSR count). The molecule has 2 aliphatic heterocycles. The van der Waals surface area contributed by atoms with Gasteiger partial charge in [-0.3, -0.25) is 14.4 Å². The molecular weight excluding hydrogens is 390 g/mol. The van der Waals surface area contributed by atoms with Gasteiger partial charge in [0.25, 0.3) is 5.91 Å². The van der Waals surface area contributed by atoms with Gasteiger partial charge in [-0.05, 0) is 56.0 Å². The first-order valence-corrected chi connectivity index (χ1v) is 10.1. The van der Waals surface area contributed by atoms with E-state index in [0.717, 1.165) is 18.4 Å². The molecule has 150 valence electrons. The van der Waals surface area contributed by atoms with Crippen LogP contribution in [0.5, 0.6) is 0 Å². The summed E-state index contributed by atoms with van der Waals surface area (Å²) in [5, 5.41) is 3.35. The van der Waals surface area contributed by atoms with Crippen LogP contribution in [0.2, 0.25) is 5.02 Å². The summed E-state index contributed by atoms with van der Waals surface area (Å²) in [4.78, 5) is 42.2. The van der Waals surface area contributed by atoms with Crippen LogP contribution in [0.25, 0.3) is 0 Å². The number of carbonyl (C=O) groups excluding carboxylic acids is 3. The summed E-state index contributed by atoms with van der Waals surface area (Å²) in [6, 6.07) is 11.7. The van der Waals surface area contributed by atoms with E-state index in [1.54, 1.807) is 41.3 Å². The minimum absolute atomic E-state index is 0.146. The Kier molecular flexibility index (Phi) is 5.28. The van der Waals surface area contributed by atoms with Crippen molar-refractivity contribution >= 4 is 40.7 Å². The lowest BCUT2D eigenvalue weighted by Crippen LogP contribution is -2.52. The summed E-state index contributed by atoms with van der Waals surface area (Å²) < 4.78 is 0. The Morgan fingerprint density at radius 2 is 1.97 bits per heavy atom. The molecule has 0 aromatic heterocycles. The molecule has 1 unspecified atom stereocenters. The minimum Gasteiger partial charge on any atom is -0.327 e. The predicted molar refractivity (Wildman–Crippen MR) is 112 cm³/mol. The molecule has 1 fully saturated rings. The van der Waals surface area contributed by atoms with Gasteiger partial charge < -0.3 is 15.1 Å². The minimum atomic E-state index is -0.523. The molecule has 1 N–H and O–H groups in total. The molecule has 0 bridgehead atoms. The van der Waals surface area contributed by atoms with Crippen LogP contribution in [-0.2, 0) is 9.59 Å². The Morgan fingerprint density at radius 3 is 2.76 bits per heavy atom. The van der Waals surface area contributed by atoms with E-state index in [0.29, 0.717) is 34.9 Å². The number of amides is 3. The smallest absolute Gasteiger partial charge is 0.256 e. The topological polar surface area (TPSA) is 69.7 Å². The molecule has 0 spiro atoms. The van der Waals surface area contributed by atoms with Crippen LogP contribution >= 0.6 is 11.6 Å². The van der Waals surface area contributed by atoms with Gasteiger partial charge in [-0.25, -0.2) is 0 Å². The first-order chi connectivity index (χ1) is 14.0. The Balaban J connectivity index is 1.63. The number of nitrogens with zero attached hydrogens (tertiary/aromatic N) is 2. The lowest BCUT2D eigenvalue weighted by Gasteiger charge is -2.34. The van der Waals surface area contributed by atoms with Crippen molar-refractivity contribution in [2.24, 2.45) is 0 Å². The average molecular weight is 412 g/mol. The zero-order valence-electron chi connectivity index (χ0n) is 16.2. The zero-order chi connectivity index (χ0) is 20.5. The Morgan fingerprint density at radius 1 is 1.17 bits per heavy atom. The third kappa shape index (κ3) is 3.72. The number of anilines is 2. The van der Waals surface area contributed by atoms with E-state index < -0.39 is 6.04 Å². The van der Waals surface area contributed by atoms with Crippen molar-refractivity contribution in [1.82, 2.24) is 4.90 Å². The maximum Gasteiger partial charge on any atom is 0.256 e. The van der Waals surface area contributed by atoms with Crippen LogP contribution in [0.4, 0.5) is 11.4 Å². The highest BCUT2D eigenvalue weighted by Crippen LogP contribution is 2.31. The monoisotopic (exact) mass is 411 g/mol. The summed E-state index contributed by atoms with van der Waals surface area (Å²) in [7, 11) is 0. The van der Waals surface area contributed by atoms with E-state index in [2.05, 4.69) is 5.32 Å². The number of hydrogen-bond acceptors (Lipinski definition) is 3. The standard InChI is InChI=1S/C22H22ClN3O3/c1-14-9-10-15(12-17(14)23)24-20(27)13-26-18-7-3-2-6-16(18)21(28)25-11-5-4-8-19(25)22(26)29/h2-3,6-7,9-10,12,19H,4-5,8,11,13H2,1H3,(H,24,27). The van der Waals surface area contributed by atoms with Gasteiger partial charge in [0.15, 0.2) is 0 Å². The molecule has 1 atom stereocenters. The second kappa shape index (κ2) is 7.87. The summed E-state index contributed by atoms with van der Waals surface area (Å²) in [5.41, 5.74) is 2.42. The van der Waals surface area contributed by atoms with E-state index >= 15 is 0 Å². The molecule has 0 saturated carbocycles. The molecule has 7 heteroatoms. The van der Waals surface area contributed by atoms with E-state index in [4.69, 9.17) is 11.6 Å². The van der Waals surface area contributed by atoms with Gasteiger partial charge in [-0.15, -0.1) is 0 Å². The molecule has 29 heavy (non-hydrogen) atoms. The number of nitrogens with one attached hydrogen (secondary N) is 1. The first-order valence-electron chi connectivity index (χ1n) is 9.73. The van der Waals surface area contributed by atoms with Crippen molar-refractivity contribution in [3.05, 3.63) is 58.6 Å². The number of hydrogen-bond donors (Lipinski definition) is 1. The maximum atomic E-state index is 13.3. The number of piperidine rings is 1. The molecule has 0 aliphatic carbocycles. The van der Waals surface area contributed by atoms with Crippen molar-refractivity contribution in [3.63, 3.8) is 0 Å². The van der Waals surface area contributed by atoms with Crippen molar-refractivity contribution in [2.45, 2.75) is 32.2 Å². The molecule has 2 aliphatic rings. The fourth-order valence-electron chi connectivity index (χ4n) is 3.95. The quantitative estimate of drug-likeness (QED) is 0.838. The molecule has 6 nitrogen and oxygen atoms in total. The van der Waals surface area contributed by atoms with E-state index in [1.807, 2.05) is 13.0 Å². The highest BCUT2D eigenvalue weighted by molar-refractivity contribution is 6.31. The van der Waals surface area contributed by atoms with Gasteiger partial charge >= 0.3 is 0 Å². The fourth-order valence-corrected chi connectivity index (χ4v) is 4.13. The SMILES string of the molecule is Cc1ccc(NC(=O)CN2C(=O)C3CCCCN3C(=O)c3ccccc32)cc1Cl. The van der Waals surface area contributed by atoms with E-state index in [-0.39, 0.29) is 24.3 Å². The normalized spacial score (nSPS) is 18.8.